The van der Waals surface area contributed by atoms with Gasteiger partial charge in [-0.05, 0) is 68.8 Å². The molecular formula is C28H45NO3. The van der Waals surface area contributed by atoms with E-state index in [0.29, 0.717) is 18.2 Å². The second-order valence-corrected chi connectivity index (χ2v) is 10.2. The average molecular weight is 444 g/mol. The van der Waals surface area contributed by atoms with Crippen molar-refractivity contribution in [2.75, 3.05) is 6.61 Å². The highest BCUT2D eigenvalue weighted by molar-refractivity contribution is 5.75. The van der Waals surface area contributed by atoms with E-state index in [1.807, 2.05) is 0 Å². The first-order chi connectivity index (χ1) is 15.7. The Hall–Kier alpha value is -1.58. The third-order valence-electron chi connectivity index (χ3n) is 7.80. The fraction of sp³-hybridized carbons (Fsp3) is 0.786. The van der Waals surface area contributed by atoms with E-state index in [-0.39, 0.29) is 11.9 Å². The van der Waals surface area contributed by atoms with Gasteiger partial charge in [0.2, 0.25) is 5.88 Å². The number of ether oxygens (including phenoxy) is 2. The van der Waals surface area contributed by atoms with Gasteiger partial charge < -0.3 is 9.47 Å². The smallest absolute Gasteiger partial charge is 0.314 e. The third-order valence-corrected chi connectivity index (χ3v) is 7.80. The van der Waals surface area contributed by atoms with Crippen molar-refractivity contribution in [1.29, 1.82) is 0 Å². The fourth-order valence-corrected chi connectivity index (χ4v) is 5.68. The Labute approximate surface area is 195 Å². The van der Waals surface area contributed by atoms with Crippen LogP contribution in [-0.2, 0) is 4.79 Å². The van der Waals surface area contributed by atoms with Gasteiger partial charge in [0.05, 0.1) is 18.7 Å². The minimum atomic E-state index is -0.0817. The number of esters is 1. The summed E-state index contributed by atoms with van der Waals surface area (Å²) in [4.78, 5) is 17.0. The molecule has 0 amide bonds. The number of rotatable bonds is 12. The highest BCUT2D eigenvalue weighted by atomic mass is 16.5. The molecule has 2 saturated carbocycles. The number of hydrogen-bond donors (Lipinski definition) is 0. The van der Waals surface area contributed by atoms with Crippen molar-refractivity contribution in [1.82, 2.24) is 4.98 Å². The molecule has 0 aromatic carbocycles. The largest absolute Gasteiger partial charge is 0.478 e. The van der Waals surface area contributed by atoms with Gasteiger partial charge in [-0.2, -0.15) is 0 Å². The number of nitrogens with zero attached hydrogens (tertiary/aromatic N) is 1. The quantitative estimate of drug-likeness (QED) is 0.245. The molecule has 1 heterocycles. The van der Waals surface area contributed by atoms with Gasteiger partial charge in [-0.25, -0.2) is 4.98 Å². The summed E-state index contributed by atoms with van der Waals surface area (Å²) in [5.74, 6) is 3.78. The molecule has 0 unspecified atom stereocenters. The molecule has 2 fully saturated rings. The summed E-state index contributed by atoms with van der Waals surface area (Å²) in [7, 11) is 0. The van der Waals surface area contributed by atoms with E-state index in [0.717, 1.165) is 37.0 Å². The minimum Gasteiger partial charge on any atom is -0.478 e. The van der Waals surface area contributed by atoms with Gasteiger partial charge in [0.25, 0.3) is 0 Å². The second-order valence-electron chi connectivity index (χ2n) is 10.2. The lowest BCUT2D eigenvalue weighted by atomic mass is 9.68. The molecule has 32 heavy (non-hydrogen) atoms. The number of unbranched alkanes of at least 4 members (excludes halogenated alkanes) is 4. The molecule has 180 valence electrons. The van der Waals surface area contributed by atoms with Crippen LogP contribution in [0.15, 0.2) is 18.3 Å². The van der Waals surface area contributed by atoms with E-state index >= 15 is 0 Å². The van der Waals surface area contributed by atoms with E-state index < -0.39 is 0 Å². The van der Waals surface area contributed by atoms with Crippen LogP contribution in [0.3, 0.4) is 0 Å². The molecule has 0 spiro atoms. The summed E-state index contributed by atoms with van der Waals surface area (Å²) in [5.41, 5.74) is 0. The summed E-state index contributed by atoms with van der Waals surface area (Å²) < 4.78 is 11.3. The molecule has 0 N–H and O–H groups in total. The normalized spacial score (nSPS) is 25.9. The predicted molar refractivity (Wildman–Crippen MR) is 130 cm³/mol. The first-order valence-corrected chi connectivity index (χ1v) is 13.5. The lowest BCUT2D eigenvalue weighted by molar-refractivity contribution is -0.140. The predicted octanol–water partition coefficient (Wildman–Crippen LogP) is 7.75. The maximum absolute atomic E-state index is 12.7. The minimum absolute atomic E-state index is 0.0432. The standard InChI is InChI=1S/C28H45NO3/c1-3-5-7-8-20-31-27-19-18-26(21-29-27)32-28(30)25-16-14-24(15-17-25)23-12-10-22(11-13-23)9-6-4-2/h18-19,21-25H,3-17,20H2,1-2H3. The van der Waals surface area contributed by atoms with E-state index in [9.17, 15) is 4.79 Å². The Morgan fingerprint density at radius 1 is 0.875 bits per heavy atom. The van der Waals surface area contributed by atoms with Gasteiger partial charge in [-0.1, -0.05) is 65.2 Å². The SMILES string of the molecule is CCCCCCOc1ccc(OC(=O)C2CCC(C3CCC(CCCC)CC3)CC2)cn1. The molecule has 1 aromatic heterocycles. The van der Waals surface area contributed by atoms with E-state index in [1.54, 1.807) is 18.3 Å². The summed E-state index contributed by atoms with van der Waals surface area (Å²) in [6.45, 7) is 5.19. The van der Waals surface area contributed by atoms with Crippen LogP contribution in [-0.4, -0.2) is 17.6 Å². The van der Waals surface area contributed by atoms with Crippen molar-refractivity contribution in [3.05, 3.63) is 18.3 Å². The first kappa shape index (κ1) is 25.1. The zero-order valence-corrected chi connectivity index (χ0v) is 20.5. The molecule has 0 radical (unpaired) electrons. The number of aromatic nitrogens is 1. The van der Waals surface area contributed by atoms with Gasteiger partial charge in [0.1, 0.15) is 5.75 Å². The Morgan fingerprint density at radius 3 is 2.19 bits per heavy atom. The van der Waals surface area contributed by atoms with Crippen molar-refractivity contribution in [2.24, 2.45) is 23.7 Å². The van der Waals surface area contributed by atoms with E-state index in [4.69, 9.17) is 9.47 Å². The Balaban J connectivity index is 1.34. The summed E-state index contributed by atoms with van der Waals surface area (Å²) >= 11 is 0. The van der Waals surface area contributed by atoms with Crippen molar-refractivity contribution >= 4 is 5.97 Å². The van der Waals surface area contributed by atoms with E-state index in [2.05, 4.69) is 18.8 Å². The summed E-state index contributed by atoms with van der Waals surface area (Å²) in [5, 5.41) is 0. The van der Waals surface area contributed by atoms with Gasteiger partial charge >= 0.3 is 5.97 Å². The molecule has 0 saturated heterocycles. The Morgan fingerprint density at radius 2 is 1.56 bits per heavy atom. The van der Waals surface area contributed by atoms with Crippen molar-refractivity contribution in [3.63, 3.8) is 0 Å². The van der Waals surface area contributed by atoms with Crippen LogP contribution in [0.1, 0.15) is 110 Å². The number of carbonyl (C=O) groups is 1. The number of carbonyl (C=O) groups excluding carboxylic acids is 1. The van der Waals surface area contributed by atoms with Crippen LogP contribution in [0.2, 0.25) is 0 Å². The Kier molecular flexibility index (Phi) is 10.8. The molecule has 2 aliphatic rings. The molecule has 0 atom stereocenters. The van der Waals surface area contributed by atoms with Crippen molar-refractivity contribution in [3.8, 4) is 11.6 Å². The van der Waals surface area contributed by atoms with Crippen LogP contribution in [0.25, 0.3) is 0 Å². The fourth-order valence-electron chi connectivity index (χ4n) is 5.68. The zero-order valence-electron chi connectivity index (χ0n) is 20.5. The van der Waals surface area contributed by atoms with Gasteiger partial charge in [0.15, 0.2) is 0 Å². The van der Waals surface area contributed by atoms with Crippen LogP contribution in [0, 0.1) is 23.7 Å². The molecule has 3 rings (SSSR count). The van der Waals surface area contributed by atoms with Crippen molar-refractivity contribution in [2.45, 2.75) is 110 Å². The van der Waals surface area contributed by atoms with Crippen molar-refractivity contribution < 1.29 is 14.3 Å². The second kappa shape index (κ2) is 13.9. The zero-order chi connectivity index (χ0) is 22.6. The summed E-state index contributed by atoms with van der Waals surface area (Å²) in [6.07, 6.45) is 20.5. The maximum Gasteiger partial charge on any atom is 0.314 e. The highest BCUT2D eigenvalue weighted by Crippen LogP contribution is 2.42. The topological polar surface area (TPSA) is 48.4 Å². The first-order valence-electron chi connectivity index (χ1n) is 13.5. The monoisotopic (exact) mass is 443 g/mol. The van der Waals surface area contributed by atoms with Gasteiger partial charge in [-0.15, -0.1) is 0 Å². The van der Waals surface area contributed by atoms with Crippen LogP contribution in [0.5, 0.6) is 11.6 Å². The molecule has 4 nitrogen and oxygen atoms in total. The van der Waals surface area contributed by atoms with Gasteiger partial charge in [0, 0.05) is 6.07 Å². The van der Waals surface area contributed by atoms with Gasteiger partial charge in [-0.3, -0.25) is 4.79 Å². The lowest BCUT2D eigenvalue weighted by Gasteiger charge is -2.37. The number of hydrogen-bond acceptors (Lipinski definition) is 4. The molecule has 2 aliphatic carbocycles. The highest BCUT2D eigenvalue weighted by Gasteiger charge is 2.33. The number of pyridine rings is 1. The molecule has 0 bridgehead atoms. The molecule has 0 aliphatic heterocycles. The average Bonchev–Trinajstić information content (AvgIpc) is 2.84. The summed E-state index contributed by atoms with van der Waals surface area (Å²) in [6, 6.07) is 3.60. The van der Waals surface area contributed by atoms with Crippen LogP contribution < -0.4 is 9.47 Å². The molecule has 4 heteroatoms. The third kappa shape index (κ3) is 8.08. The van der Waals surface area contributed by atoms with Crippen LogP contribution in [0.4, 0.5) is 0 Å². The molecular weight excluding hydrogens is 398 g/mol. The van der Waals surface area contributed by atoms with Crippen LogP contribution >= 0.6 is 0 Å². The van der Waals surface area contributed by atoms with E-state index in [1.165, 1.54) is 77.0 Å². The molecule has 1 aromatic rings. The lowest BCUT2D eigenvalue weighted by Crippen LogP contribution is -2.30. The maximum atomic E-state index is 12.7. The Bertz CT molecular complexity index is 643.